The maximum absolute atomic E-state index is 14.7. The Morgan fingerprint density at radius 2 is 1.61 bits per heavy atom. The molecule has 3 aliphatic rings. The highest BCUT2D eigenvalue weighted by Crippen LogP contribution is 2.59. The quantitative estimate of drug-likeness (QED) is 0.241. The highest BCUT2D eigenvalue weighted by Gasteiger charge is 2.74. The minimum atomic E-state index is -1.10. The lowest BCUT2D eigenvalue weighted by atomic mass is 9.70. The van der Waals surface area contributed by atoms with Crippen molar-refractivity contribution < 1.29 is 29.0 Å². The Balaban J connectivity index is 1.51. The molecular weight excluding hydrogens is 558 g/mol. The molecule has 2 bridgehead atoms. The number of ether oxygens (including phenoxy) is 2. The number of methoxy groups -OCH3 is 1. The van der Waals surface area contributed by atoms with Gasteiger partial charge in [-0.05, 0) is 62.1 Å². The van der Waals surface area contributed by atoms with Crippen LogP contribution < -0.4 is 14.5 Å². The zero-order valence-corrected chi connectivity index (χ0v) is 25.5. The molecule has 2 unspecified atom stereocenters. The number of hydrogen-bond acceptors (Lipinski definition) is 6. The highest BCUT2D eigenvalue weighted by molar-refractivity contribution is 6.06. The van der Waals surface area contributed by atoms with Crippen LogP contribution in [-0.4, -0.2) is 78.8 Å². The molecule has 3 saturated heterocycles. The summed E-state index contributed by atoms with van der Waals surface area (Å²) in [4.78, 5) is 48.4. The topological polar surface area (TPSA) is 99.6 Å². The average molecular weight is 602 g/mol. The monoisotopic (exact) mass is 601 g/mol. The summed E-state index contributed by atoms with van der Waals surface area (Å²) in [6.45, 7) is 8.77. The van der Waals surface area contributed by atoms with E-state index in [1.165, 1.54) is 0 Å². The molecule has 3 fully saturated rings. The smallest absolute Gasteiger partial charge is 0.253 e. The Labute approximate surface area is 259 Å². The Morgan fingerprint density at radius 3 is 2.25 bits per heavy atom. The van der Waals surface area contributed by atoms with E-state index in [2.05, 4.69) is 13.2 Å². The molecule has 3 heterocycles. The molecule has 44 heavy (non-hydrogen) atoms. The van der Waals surface area contributed by atoms with Gasteiger partial charge in [0.25, 0.3) is 5.91 Å². The van der Waals surface area contributed by atoms with E-state index in [1.54, 1.807) is 46.1 Å². The van der Waals surface area contributed by atoms with Crippen LogP contribution in [0.3, 0.4) is 0 Å². The first-order valence-electron chi connectivity index (χ1n) is 15.5. The summed E-state index contributed by atoms with van der Waals surface area (Å²) < 4.78 is 12.0. The Kier molecular flexibility index (Phi) is 9.86. The second-order valence-corrected chi connectivity index (χ2v) is 11.7. The van der Waals surface area contributed by atoms with E-state index >= 15 is 0 Å². The summed E-state index contributed by atoms with van der Waals surface area (Å²) in [5.74, 6) is -1.44. The number of aliphatic hydroxyl groups excluding tert-OH is 1. The molecule has 0 radical (unpaired) electrons. The largest absolute Gasteiger partial charge is 0.497 e. The van der Waals surface area contributed by atoms with Crippen LogP contribution in [0, 0.1) is 11.8 Å². The minimum Gasteiger partial charge on any atom is -0.497 e. The summed E-state index contributed by atoms with van der Waals surface area (Å²) in [7, 11) is 1.59. The van der Waals surface area contributed by atoms with Gasteiger partial charge in [-0.1, -0.05) is 43.2 Å². The van der Waals surface area contributed by atoms with Gasteiger partial charge >= 0.3 is 0 Å². The Morgan fingerprint density at radius 1 is 0.977 bits per heavy atom. The molecule has 1 N–H and O–H groups in total. The third kappa shape index (κ3) is 5.66. The van der Waals surface area contributed by atoms with Crippen LogP contribution >= 0.6 is 0 Å². The first-order valence-corrected chi connectivity index (χ1v) is 15.5. The van der Waals surface area contributed by atoms with Gasteiger partial charge in [-0.25, -0.2) is 0 Å². The van der Waals surface area contributed by atoms with Gasteiger partial charge in [-0.15, -0.1) is 13.2 Å². The third-order valence-electron chi connectivity index (χ3n) is 9.23. The number of amides is 3. The molecule has 2 aromatic carbocycles. The van der Waals surface area contributed by atoms with Crippen LogP contribution in [0.25, 0.3) is 0 Å². The lowest BCUT2D eigenvalue weighted by Gasteiger charge is -2.37. The van der Waals surface area contributed by atoms with Gasteiger partial charge in [0.05, 0.1) is 25.0 Å². The number of aliphatic hydroxyl groups is 1. The third-order valence-corrected chi connectivity index (χ3v) is 9.23. The van der Waals surface area contributed by atoms with Crippen molar-refractivity contribution in [3.05, 3.63) is 79.9 Å². The molecule has 0 saturated carbocycles. The summed E-state index contributed by atoms with van der Waals surface area (Å²) in [5.41, 5.74) is 0.282. The molecule has 5 rings (SSSR count). The van der Waals surface area contributed by atoms with E-state index in [9.17, 15) is 19.5 Å². The molecule has 3 amide bonds. The first kappa shape index (κ1) is 31.5. The van der Waals surface area contributed by atoms with Gasteiger partial charge in [0.15, 0.2) is 0 Å². The van der Waals surface area contributed by atoms with Gasteiger partial charge in [0.2, 0.25) is 11.8 Å². The number of carbonyl (C=O) groups excluding carboxylic acids is 3. The Hall–Kier alpha value is -3.95. The molecule has 0 aliphatic carbocycles. The van der Waals surface area contributed by atoms with E-state index in [-0.39, 0.29) is 30.9 Å². The zero-order chi connectivity index (χ0) is 31.3. The van der Waals surface area contributed by atoms with Crippen LogP contribution in [0.2, 0.25) is 0 Å². The van der Waals surface area contributed by atoms with Crippen molar-refractivity contribution in [1.82, 2.24) is 4.90 Å². The number of likely N-dealkylation sites (tertiary alicyclic amines) is 1. The average Bonchev–Trinajstić information content (AvgIpc) is 3.69. The fourth-order valence-electron chi connectivity index (χ4n) is 7.30. The van der Waals surface area contributed by atoms with E-state index in [4.69, 9.17) is 9.47 Å². The van der Waals surface area contributed by atoms with Gasteiger partial charge in [0.1, 0.15) is 17.4 Å². The molecule has 3 aliphatic heterocycles. The highest BCUT2D eigenvalue weighted by atomic mass is 16.5. The van der Waals surface area contributed by atoms with Crippen molar-refractivity contribution in [3.8, 4) is 5.75 Å². The minimum absolute atomic E-state index is 0.120. The predicted molar refractivity (Wildman–Crippen MR) is 169 cm³/mol. The first-order chi connectivity index (χ1) is 21.4. The van der Waals surface area contributed by atoms with Crippen LogP contribution in [0.15, 0.2) is 79.9 Å². The normalized spacial score (nSPS) is 25.0. The molecular formula is C35H43N3O6. The summed E-state index contributed by atoms with van der Waals surface area (Å²) >= 11 is 0. The molecule has 9 heteroatoms. The number of para-hydroxylation sites is 1. The van der Waals surface area contributed by atoms with Crippen LogP contribution in [0.4, 0.5) is 11.4 Å². The van der Waals surface area contributed by atoms with Crippen LogP contribution in [-0.2, 0) is 19.1 Å². The summed E-state index contributed by atoms with van der Waals surface area (Å²) in [5, 5.41) is 9.22. The standard InChI is InChI=1S/C35H43N3O6/c1-4-21-36(25-13-9-8-10-14-25)32(40)29-28-19-20-35(44-28)30(29)33(41)38(23-11-6-7-12-24-39)31(35)34(42)37(22-5-2)26-15-17-27(43-3)18-16-26/h4-5,8-10,13-18,28-31,39H,1-2,6-7,11-12,19-24H2,3H3/t28-,29+,30-,31?,35?/m0/s1. The number of benzene rings is 2. The lowest BCUT2D eigenvalue weighted by molar-refractivity contribution is -0.140. The Bertz CT molecular complexity index is 1350. The van der Waals surface area contributed by atoms with Crippen molar-refractivity contribution in [2.45, 2.75) is 56.3 Å². The van der Waals surface area contributed by atoms with Gasteiger partial charge in [-0.2, -0.15) is 0 Å². The summed E-state index contributed by atoms with van der Waals surface area (Å²) in [6.07, 6.45) is 7.01. The second kappa shape index (κ2) is 13.8. The predicted octanol–water partition coefficient (Wildman–Crippen LogP) is 4.36. The second-order valence-electron chi connectivity index (χ2n) is 11.7. The maximum Gasteiger partial charge on any atom is 0.253 e. The van der Waals surface area contributed by atoms with E-state index in [0.717, 1.165) is 18.5 Å². The van der Waals surface area contributed by atoms with Crippen molar-refractivity contribution >= 4 is 29.1 Å². The molecule has 0 aromatic heterocycles. The van der Waals surface area contributed by atoms with E-state index in [1.807, 2.05) is 42.5 Å². The number of nitrogens with zero attached hydrogens (tertiary/aromatic N) is 3. The number of rotatable bonds is 15. The fourth-order valence-corrected chi connectivity index (χ4v) is 7.30. The van der Waals surface area contributed by atoms with Gasteiger partial charge < -0.3 is 29.3 Å². The van der Waals surface area contributed by atoms with Crippen molar-refractivity contribution in [3.63, 3.8) is 0 Å². The summed E-state index contributed by atoms with van der Waals surface area (Å²) in [6, 6.07) is 15.7. The van der Waals surface area contributed by atoms with E-state index < -0.39 is 29.6 Å². The number of anilines is 2. The number of fused-ring (bicyclic) bond motifs is 1. The van der Waals surface area contributed by atoms with Crippen molar-refractivity contribution in [2.75, 3.05) is 43.2 Å². The maximum atomic E-state index is 14.7. The molecule has 9 nitrogen and oxygen atoms in total. The van der Waals surface area contributed by atoms with Crippen molar-refractivity contribution in [1.29, 1.82) is 0 Å². The number of carbonyl (C=O) groups is 3. The molecule has 5 atom stereocenters. The molecule has 2 aromatic rings. The van der Waals surface area contributed by atoms with Gasteiger partial charge in [-0.3, -0.25) is 14.4 Å². The van der Waals surface area contributed by atoms with Gasteiger partial charge in [0, 0.05) is 37.6 Å². The van der Waals surface area contributed by atoms with Crippen LogP contribution in [0.5, 0.6) is 5.75 Å². The SMILES string of the molecule is C=CCN(C(=O)C1N(CCCCCCO)C(=O)[C@@H]2[C@H](C(=O)N(CC=C)c3ccccc3)[C@@H]3CCC12O3)c1ccc(OC)cc1. The molecule has 1 spiro atoms. The molecule has 234 valence electrons. The van der Waals surface area contributed by atoms with Crippen molar-refractivity contribution in [2.24, 2.45) is 11.8 Å². The number of unbranched alkanes of at least 4 members (excludes halogenated alkanes) is 3. The van der Waals surface area contributed by atoms with Crippen LogP contribution in [0.1, 0.15) is 38.5 Å². The number of hydrogen-bond donors (Lipinski definition) is 1. The van der Waals surface area contributed by atoms with E-state index in [0.29, 0.717) is 50.2 Å². The lowest BCUT2D eigenvalue weighted by Crippen LogP contribution is -2.56. The zero-order valence-electron chi connectivity index (χ0n) is 25.5. The fraction of sp³-hybridized carbons (Fsp3) is 0.457.